The molecular weight excluding hydrogens is 220 g/mol. The fourth-order valence-corrected chi connectivity index (χ4v) is 2.90. The lowest BCUT2D eigenvalue weighted by Crippen LogP contribution is -2.50. The Balaban J connectivity index is 1.96. The van der Waals surface area contributed by atoms with Crippen LogP contribution in [0.25, 0.3) is 0 Å². The largest absolute Gasteiger partial charge is 0.458 e. The van der Waals surface area contributed by atoms with E-state index in [2.05, 4.69) is 10.6 Å². The number of nitrogens with one attached hydrogen (secondary N) is 2. The molecule has 3 aliphatic heterocycles. The molecule has 0 aliphatic carbocycles. The van der Waals surface area contributed by atoms with Gasteiger partial charge in [-0.15, -0.1) is 0 Å². The number of rotatable bonds is 1. The van der Waals surface area contributed by atoms with Crippen molar-refractivity contribution in [2.45, 2.75) is 6.42 Å². The zero-order valence-electron chi connectivity index (χ0n) is 9.36. The van der Waals surface area contributed by atoms with Crippen molar-refractivity contribution in [1.29, 1.82) is 0 Å². The molecule has 1 amide bonds. The van der Waals surface area contributed by atoms with Gasteiger partial charge in [-0.1, -0.05) is 6.08 Å². The summed E-state index contributed by atoms with van der Waals surface area (Å²) >= 11 is 0. The summed E-state index contributed by atoms with van der Waals surface area (Å²) < 4.78 is 4.94. The van der Waals surface area contributed by atoms with Crippen LogP contribution in [-0.4, -0.2) is 31.6 Å². The summed E-state index contributed by atoms with van der Waals surface area (Å²) in [4.78, 5) is 23.2. The Morgan fingerprint density at radius 3 is 2.94 bits per heavy atom. The standard InChI is InChI=1S/C12H14N2O3/c15-10-5-8(7-17-10)9-6-13-3-1-12(9)2-4-14-11(12)16/h2,4-5,9,13H,1,3,6-7H2,(H,14,16). The molecule has 3 heterocycles. The zero-order chi connectivity index (χ0) is 11.9. The van der Waals surface area contributed by atoms with Gasteiger partial charge in [0.2, 0.25) is 5.91 Å². The van der Waals surface area contributed by atoms with Crippen LogP contribution >= 0.6 is 0 Å². The first kappa shape index (κ1) is 10.5. The maximum Gasteiger partial charge on any atom is 0.331 e. The lowest BCUT2D eigenvalue weighted by molar-refractivity contribution is -0.135. The van der Waals surface area contributed by atoms with E-state index in [9.17, 15) is 9.59 Å². The third-order valence-electron chi connectivity index (χ3n) is 3.84. The van der Waals surface area contributed by atoms with Crippen LogP contribution < -0.4 is 10.6 Å². The van der Waals surface area contributed by atoms with E-state index in [0.29, 0.717) is 13.2 Å². The average Bonchev–Trinajstić information content (AvgIpc) is 2.89. The zero-order valence-corrected chi connectivity index (χ0v) is 9.36. The summed E-state index contributed by atoms with van der Waals surface area (Å²) in [6.45, 7) is 1.84. The van der Waals surface area contributed by atoms with E-state index in [-0.39, 0.29) is 17.8 Å². The highest BCUT2D eigenvalue weighted by Crippen LogP contribution is 2.42. The number of hydrogen-bond donors (Lipinski definition) is 2. The summed E-state index contributed by atoms with van der Waals surface area (Å²) in [6, 6.07) is 0. The molecule has 90 valence electrons. The van der Waals surface area contributed by atoms with Crippen molar-refractivity contribution < 1.29 is 14.3 Å². The smallest absolute Gasteiger partial charge is 0.331 e. The third kappa shape index (κ3) is 1.50. The van der Waals surface area contributed by atoms with Crippen LogP contribution in [-0.2, 0) is 14.3 Å². The summed E-state index contributed by atoms with van der Waals surface area (Å²) in [5.41, 5.74) is 0.425. The molecule has 2 N–H and O–H groups in total. The molecule has 5 nitrogen and oxygen atoms in total. The van der Waals surface area contributed by atoms with E-state index >= 15 is 0 Å². The van der Waals surface area contributed by atoms with E-state index < -0.39 is 5.41 Å². The van der Waals surface area contributed by atoms with Crippen molar-refractivity contribution >= 4 is 11.9 Å². The van der Waals surface area contributed by atoms with Gasteiger partial charge >= 0.3 is 5.97 Å². The predicted molar refractivity (Wildman–Crippen MR) is 59.7 cm³/mol. The van der Waals surface area contributed by atoms with Gasteiger partial charge in [-0.3, -0.25) is 4.79 Å². The highest BCUT2D eigenvalue weighted by Gasteiger charge is 2.49. The van der Waals surface area contributed by atoms with Gasteiger partial charge in [-0.2, -0.15) is 0 Å². The maximum absolute atomic E-state index is 12.0. The summed E-state index contributed by atoms with van der Waals surface area (Å²) in [6.07, 6.45) is 5.92. The molecule has 0 aromatic rings. The fraction of sp³-hybridized carbons (Fsp3) is 0.500. The Bertz CT molecular complexity index is 441. The van der Waals surface area contributed by atoms with Crippen molar-refractivity contribution in [2.24, 2.45) is 11.3 Å². The molecule has 5 heteroatoms. The SMILES string of the molecule is O=C1C=C(C2CNCCC23C=CNC3=O)CO1. The fourth-order valence-electron chi connectivity index (χ4n) is 2.90. The lowest BCUT2D eigenvalue weighted by Gasteiger charge is -2.38. The highest BCUT2D eigenvalue weighted by molar-refractivity contribution is 5.90. The van der Waals surface area contributed by atoms with Crippen LogP contribution in [0.1, 0.15) is 6.42 Å². The van der Waals surface area contributed by atoms with Crippen molar-refractivity contribution in [3.63, 3.8) is 0 Å². The second-order valence-corrected chi connectivity index (χ2v) is 4.68. The maximum atomic E-state index is 12.0. The molecule has 1 saturated heterocycles. The normalized spacial score (nSPS) is 36.0. The molecule has 2 unspecified atom stereocenters. The molecular formula is C12H14N2O3. The number of cyclic esters (lactones) is 1. The highest BCUT2D eigenvalue weighted by atomic mass is 16.5. The second kappa shape index (κ2) is 3.70. The number of esters is 1. The minimum absolute atomic E-state index is 0.0152. The van der Waals surface area contributed by atoms with Gasteiger partial charge in [0, 0.05) is 24.7 Å². The van der Waals surface area contributed by atoms with E-state index in [1.165, 1.54) is 6.08 Å². The van der Waals surface area contributed by atoms with Gasteiger partial charge < -0.3 is 15.4 Å². The average molecular weight is 234 g/mol. The first-order valence-electron chi connectivity index (χ1n) is 5.79. The van der Waals surface area contributed by atoms with Gasteiger partial charge in [0.25, 0.3) is 0 Å². The first-order valence-corrected chi connectivity index (χ1v) is 5.79. The van der Waals surface area contributed by atoms with Crippen molar-refractivity contribution in [3.8, 4) is 0 Å². The predicted octanol–water partition coefficient (Wildman–Crippen LogP) is -0.291. The molecule has 1 fully saturated rings. The van der Waals surface area contributed by atoms with E-state index in [1.807, 2.05) is 6.08 Å². The van der Waals surface area contributed by atoms with Gasteiger partial charge in [0.05, 0.1) is 5.41 Å². The molecule has 0 bridgehead atoms. The summed E-state index contributed by atoms with van der Waals surface area (Å²) in [7, 11) is 0. The number of piperidine rings is 1. The molecule has 3 rings (SSSR count). The first-order chi connectivity index (χ1) is 8.22. The van der Waals surface area contributed by atoms with E-state index in [0.717, 1.165) is 18.5 Å². The molecule has 0 saturated carbocycles. The topological polar surface area (TPSA) is 67.4 Å². The Kier molecular flexibility index (Phi) is 2.29. The quantitative estimate of drug-likeness (QED) is 0.612. The van der Waals surface area contributed by atoms with Gasteiger partial charge in [0.15, 0.2) is 0 Å². The van der Waals surface area contributed by atoms with Gasteiger partial charge in [-0.25, -0.2) is 4.79 Å². The molecule has 0 aromatic carbocycles. The van der Waals surface area contributed by atoms with Crippen molar-refractivity contribution in [3.05, 3.63) is 23.9 Å². The Morgan fingerprint density at radius 2 is 2.29 bits per heavy atom. The van der Waals surface area contributed by atoms with Crippen molar-refractivity contribution in [2.75, 3.05) is 19.7 Å². The van der Waals surface area contributed by atoms with Crippen LogP contribution in [0.15, 0.2) is 23.9 Å². The second-order valence-electron chi connectivity index (χ2n) is 4.68. The van der Waals surface area contributed by atoms with Crippen molar-refractivity contribution in [1.82, 2.24) is 10.6 Å². The summed E-state index contributed by atoms with van der Waals surface area (Å²) in [5, 5.41) is 6.02. The summed E-state index contributed by atoms with van der Waals surface area (Å²) in [5.74, 6) is -0.256. The number of carbonyl (C=O) groups excluding carboxylic acids is 2. The number of hydrogen-bond acceptors (Lipinski definition) is 4. The van der Waals surface area contributed by atoms with E-state index in [1.54, 1.807) is 6.20 Å². The Morgan fingerprint density at radius 1 is 1.41 bits per heavy atom. The molecule has 0 radical (unpaired) electrons. The van der Waals surface area contributed by atoms with E-state index in [4.69, 9.17) is 4.74 Å². The van der Waals surface area contributed by atoms with Crippen LogP contribution in [0.5, 0.6) is 0 Å². The minimum Gasteiger partial charge on any atom is -0.458 e. The van der Waals surface area contributed by atoms with Gasteiger partial charge in [0.1, 0.15) is 6.61 Å². The molecule has 2 atom stereocenters. The van der Waals surface area contributed by atoms with Crippen LogP contribution in [0.3, 0.4) is 0 Å². The Labute approximate surface area is 98.9 Å². The lowest BCUT2D eigenvalue weighted by atomic mass is 9.68. The third-order valence-corrected chi connectivity index (χ3v) is 3.84. The number of ether oxygens (including phenoxy) is 1. The molecule has 17 heavy (non-hydrogen) atoms. The number of carbonyl (C=O) groups is 2. The van der Waals surface area contributed by atoms with Gasteiger partial charge in [-0.05, 0) is 18.5 Å². The molecule has 3 aliphatic rings. The van der Waals surface area contributed by atoms with Crippen LogP contribution in [0, 0.1) is 11.3 Å². The minimum atomic E-state index is -0.495. The number of amides is 1. The Hall–Kier alpha value is -1.62. The monoisotopic (exact) mass is 234 g/mol. The van der Waals surface area contributed by atoms with Crippen LogP contribution in [0.4, 0.5) is 0 Å². The molecule has 0 aromatic heterocycles. The van der Waals surface area contributed by atoms with Crippen LogP contribution in [0.2, 0.25) is 0 Å². The molecule has 1 spiro atoms.